The first-order chi connectivity index (χ1) is 15.5. The molecule has 2 saturated heterocycles. The number of aromatic nitrogens is 3. The highest BCUT2D eigenvalue weighted by molar-refractivity contribution is 5.94. The van der Waals surface area contributed by atoms with E-state index < -0.39 is 11.9 Å². The monoisotopic (exact) mass is 430 g/mol. The van der Waals surface area contributed by atoms with Crippen LogP contribution >= 0.6 is 0 Å². The molecule has 8 heteroatoms. The minimum atomic E-state index is -0.464. The van der Waals surface area contributed by atoms with Crippen LogP contribution in [-0.4, -0.2) is 40.5 Å². The maximum atomic E-state index is 14.2. The SMILES string of the molecule is C=C[C@@H](Nc1nnc(C)c2cnc(N3C[C@H]4C[C@@H]3CO4)cc12)c1cc(F)cc(C#N)c1C. The number of hydrogen-bond acceptors (Lipinski definition) is 7. The molecule has 0 amide bonds. The van der Waals surface area contributed by atoms with Crippen molar-refractivity contribution in [3.63, 3.8) is 0 Å². The van der Waals surface area contributed by atoms with E-state index in [2.05, 4.69) is 38.0 Å². The van der Waals surface area contributed by atoms with E-state index in [1.165, 1.54) is 12.1 Å². The van der Waals surface area contributed by atoms with Gasteiger partial charge in [0.05, 0.1) is 42.1 Å². The van der Waals surface area contributed by atoms with E-state index in [0.717, 1.165) is 41.9 Å². The molecule has 2 aromatic heterocycles. The summed E-state index contributed by atoms with van der Waals surface area (Å²) in [7, 11) is 0. The summed E-state index contributed by atoms with van der Waals surface area (Å²) in [5, 5.41) is 23.2. The molecule has 0 aliphatic carbocycles. The molecule has 0 unspecified atom stereocenters. The van der Waals surface area contributed by atoms with Gasteiger partial charge in [-0.05, 0) is 49.6 Å². The largest absolute Gasteiger partial charge is 0.374 e. The molecule has 1 N–H and O–H groups in total. The molecule has 32 heavy (non-hydrogen) atoms. The van der Waals surface area contributed by atoms with Crippen LogP contribution in [0.15, 0.2) is 37.1 Å². The molecule has 3 atom stereocenters. The first kappa shape index (κ1) is 20.3. The number of morpholine rings is 1. The van der Waals surface area contributed by atoms with Gasteiger partial charge in [0.15, 0.2) is 5.82 Å². The van der Waals surface area contributed by atoms with Crippen LogP contribution in [0.3, 0.4) is 0 Å². The number of fused-ring (bicyclic) bond motifs is 3. The normalized spacial score (nSPS) is 20.4. The Labute approximate surface area is 185 Å². The predicted octanol–water partition coefficient (Wildman–Crippen LogP) is 3.97. The Balaban J connectivity index is 1.56. The fourth-order valence-electron chi connectivity index (χ4n) is 4.66. The van der Waals surface area contributed by atoms with E-state index in [9.17, 15) is 9.65 Å². The lowest BCUT2D eigenvalue weighted by molar-refractivity contribution is 0.0989. The van der Waals surface area contributed by atoms with Crippen molar-refractivity contribution < 1.29 is 9.13 Å². The molecule has 162 valence electrons. The second kappa shape index (κ2) is 7.84. The first-order valence-corrected chi connectivity index (χ1v) is 10.6. The van der Waals surface area contributed by atoms with Gasteiger partial charge >= 0.3 is 0 Å². The van der Waals surface area contributed by atoms with Gasteiger partial charge in [0.1, 0.15) is 11.6 Å². The van der Waals surface area contributed by atoms with Gasteiger partial charge in [-0.2, -0.15) is 10.4 Å². The lowest BCUT2D eigenvalue weighted by Crippen LogP contribution is -2.37. The van der Waals surface area contributed by atoms with Crippen molar-refractivity contribution >= 4 is 22.4 Å². The number of benzene rings is 1. The third-order valence-corrected chi connectivity index (χ3v) is 6.43. The molecule has 1 aromatic carbocycles. The van der Waals surface area contributed by atoms with Gasteiger partial charge in [0.2, 0.25) is 0 Å². The number of hydrogen-bond donors (Lipinski definition) is 1. The molecule has 5 rings (SSSR count). The Morgan fingerprint density at radius 3 is 2.84 bits per heavy atom. The number of rotatable bonds is 5. The van der Waals surface area contributed by atoms with Crippen LogP contribution in [0.2, 0.25) is 0 Å². The third-order valence-electron chi connectivity index (χ3n) is 6.43. The van der Waals surface area contributed by atoms with Crippen molar-refractivity contribution in [3.05, 3.63) is 65.3 Å². The van der Waals surface area contributed by atoms with Gasteiger partial charge in [0, 0.05) is 23.5 Å². The average molecular weight is 430 g/mol. The van der Waals surface area contributed by atoms with E-state index in [1.54, 1.807) is 13.0 Å². The summed E-state index contributed by atoms with van der Waals surface area (Å²) in [5.74, 6) is 0.975. The zero-order chi connectivity index (χ0) is 22.4. The maximum Gasteiger partial charge on any atom is 0.157 e. The van der Waals surface area contributed by atoms with Crippen LogP contribution in [0.5, 0.6) is 0 Å². The number of pyridine rings is 1. The van der Waals surface area contributed by atoms with Gasteiger partial charge in [-0.1, -0.05) is 6.08 Å². The summed E-state index contributed by atoms with van der Waals surface area (Å²) in [4.78, 5) is 6.97. The molecule has 7 nitrogen and oxygen atoms in total. The second-order valence-electron chi connectivity index (χ2n) is 8.36. The Kier molecular flexibility index (Phi) is 4.98. The smallest absolute Gasteiger partial charge is 0.157 e. The fourth-order valence-corrected chi connectivity index (χ4v) is 4.66. The van der Waals surface area contributed by atoms with Crippen LogP contribution in [0.1, 0.15) is 34.8 Å². The maximum absolute atomic E-state index is 14.2. The van der Waals surface area contributed by atoms with E-state index in [4.69, 9.17) is 4.74 Å². The number of nitrogens with zero attached hydrogens (tertiary/aromatic N) is 5. The standard InChI is InChI=1S/C24H23FN6O/c1-4-22(19-6-16(25)5-15(9-26)13(19)2)28-24-20-8-23(27-10-21(20)14(3)29-30-24)31-11-18-7-17(31)12-32-18/h4-6,8,10,17-18,22H,1,7,11-12H2,2-3H3,(H,28,30)/t17-,18-,22-/m1/s1. The third kappa shape index (κ3) is 3.35. The van der Waals surface area contributed by atoms with Crippen molar-refractivity contribution in [1.82, 2.24) is 15.2 Å². The molecule has 2 fully saturated rings. The van der Waals surface area contributed by atoms with Crippen molar-refractivity contribution in [2.24, 2.45) is 0 Å². The quantitative estimate of drug-likeness (QED) is 0.613. The van der Waals surface area contributed by atoms with Crippen molar-refractivity contribution in [1.29, 1.82) is 5.26 Å². The summed E-state index contributed by atoms with van der Waals surface area (Å²) in [6.45, 7) is 9.17. The van der Waals surface area contributed by atoms with Crippen molar-refractivity contribution in [2.75, 3.05) is 23.4 Å². The number of ether oxygens (including phenoxy) is 1. The highest BCUT2D eigenvalue weighted by Gasteiger charge is 2.39. The molecule has 0 spiro atoms. The van der Waals surface area contributed by atoms with Crippen LogP contribution < -0.4 is 10.2 Å². The lowest BCUT2D eigenvalue weighted by atomic mass is 9.96. The fraction of sp³-hybridized carbons (Fsp3) is 0.333. The number of anilines is 2. The van der Waals surface area contributed by atoms with Crippen molar-refractivity contribution in [2.45, 2.75) is 38.5 Å². The van der Waals surface area contributed by atoms with Gasteiger partial charge in [-0.25, -0.2) is 9.37 Å². The summed E-state index contributed by atoms with van der Waals surface area (Å²) in [5.41, 5.74) is 2.41. The molecule has 2 aliphatic rings. The van der Waals surface area contributed by atoms with Crippen molar-refractivity contribution in [3.8, 4) is 6.07 Å². The number of nitrogens with one attached hydrogen (secondary N) is 1. The molecular formula is C24H23FN6O. The van der Waals surface area contributed by atoms with Gasteiger partial charge in [0.25, 0.3) is 0 Å². The zero-order valence-corrected chi connectivity index (χ0v) is 18.0. The first-order valence-electron chi connectivity index (χ1n) is 10.6. The lowest BCUT2D eigenvalue weighted by Gasteiger charge is -2.28. The minimum absolute atomic E-state index is 0.267. The summed E-state index contributed by atoms with van der Waals surface area (Å²) < 4.78 is 19.9. The summed E-state index contributed by atoms with van der Waals surface area (Å²) in [6.07, 6.45) is 4.80. The number of aryl methyl sites for hydroxylation is 1. The highest BCUT2D eigenvalue weighted by Crippen LogP contribution is 2.35. The van der Waals surface area contributed by atoms with E-state index in [1.807, 2.05) is 19.2 Å². The molecule has 2 aliphatic heterocycles. The minimum Gasteiger partial charge on any atom is -0.374 e. The molecule has 0 saturated carbocycles. The van der Waals surface area contributed by atoms with E-state index in [0.29, 0.717) is 28.6 Å². The highest BCUT2D eigenvalue weighted by atomic mass is 19.1. The van der Waals surface area contributed by atoms with Gasteiger partial charge in [-0.3, -0.25) is 0 Å². The van der Waals surface area contributed by atoms with Crippen LogP contribution in [0.4, 0.5) is 16.0 Å². The summed E-state index contributed by atoms with van der Waals surface area (Å²) >= 11 is 0. The van der Waals surface area contributed by atoms with Crippen LogP contribution in [0.25, 0.3) is 10.8 Å². The predicted molar refractivity (Wildman–Crippen MR) is 120 cm³/mol. The zero-order valence-electron chi connectivity index (χ0n) is 18.0. The number of halogens is 1. The Morgan fingerprint density at radius 1 is 1.31 bits per heavy atom. The molecule has 3 aromatic rings. The second-order valence-corrected chi connectivity index (χ2v) is 8.36. The molecule has 2 bridgehead atoms. The summed E-state index contributed by atoms with van der Waals surface area (Å²) in [6, 6.07) is 6.64. The Bertz CT molecular complexity index is 1270. The van der Waals surface area contributed by atoms with Crippen LogP contribution in [0, 0.1) is 31.0 Å². The number of nitriles is 1. The Morgan fingerprint density at radius 2 is 2.16 bits per heavy atom. The van der Waals surface area contributed by atoms with Gasteiger partial charge in [-0.15, -0.1) is 11.7 Å². The topological polar surface area (TPSA) is 87.0 Å². The van der Waals surface area contributed by atoms with E-state index in [-0.39, 0.29) is 6.10 Å². The van der Waals surface area contributed by atoms with Crippen LogP contribution in [-0.2, 0) is 4.74 Å². The Hall–Kier alpha value is -3.57. The molecule has 4 heterocycles. The molecule has 0 radical (unpaired) electrons. The average Bonchev–Trinajstić information content (AvgIpc) is 3.44. The molecular weight excluding hydrogens is 407 g/mol. The van der Waals surface area contributed by atoms with E-state index >= 15 is 0 Å². The van der Waals surface area contributed by atoms with Gasteiger partial charge < -0.3 is 15.0 Å².